The predicted molar refractivity (Wildman–Crippen MR) is 254 cm³/mol. The molecule has 0 radical (unpaired) electrons. The van der Waals surface area contributed by atoms with E-state index in [1.807, 2.05) is 22.9 Å². The van der Waals surface area contributed by atoms with Crippen LogP contribution in [0, 0.1) is 5.82 Å². The lowest BCUT2D eigenvalue weighted by Crippen LogP contribution is -2.42. The molecule has 0 saturated carbocycles. The maximum Gasteiger partial charge on any atom is 0.365 e. The number of hydrogen-bond donors (Lipinski definition) is 0. The third-order valence-electron chi connectivity index (χ3n) is 10.9. The van der Waals surface area contributed by atoms with Gasteiger partial charge in [0.25, 0.3) is 0 Å². The fraction of sp³-hybridized carbons (Fsp3) is 0.634. The molecular formula is C41H62BrFN13O8PSi2. The summed E-state index contributed by atoms with van der Waals surface area (Å²) in [6.07, 6.45) is 2.00. The molecule has 0 bridgehead atoms. The van der Waals surface area contributed by atoms with Crippen LogP contribution in [0.15, 0.2) is 34.8 Å². The molecule has 2 atom stereocenters. The van der Waals surface area contributed by atoms with Crippen molar-refractivity contribution in [2.24, 2.45) is 0 Å². The lowest BCUT2D eigenvalue weighted by molar-refractivity contribution is -0.0788. The molecule has 1 aliphatic heterocycles. The highest BCUT2D eigenvalue weighted by Crippen LogP contribution is 2.62. The fourth-order valence-corrected chi connectivity index (χ4v) is 11.3. The van der Waals surface area contributed by atoms with Gasteiger partial charge in [-0.1, -0.05) is 60.4 Å². The summed E-state index contributed by atoms with van der Waals surface area (Å²) in [4.78, 5) is 2.70. The zero-order valence-corrected chi connectivity index (χ0v) is 44.0. The van der Waals surface area contributed by atoms with Crippen molar-refractivity contribution in [2.75, 3.05) is 39.6 Å². The Kier molecular flexibility index (Phi) is 17.0. The summed E-state index contributed by atoms with van der Waals surface area (Å²) in [5.74, 6) is -0.0342. The van der Waals surface area contributed by atoms with E-state index in [0.29, 0.717) is 46.7 Å². The maximum atomic E-state index is 15.4. The Morgan fingerprint density at radius 2 is 1.49 bits per heavy atom. The molecule has 0 amide bonds. The second kappa shape index (κ2) is 22.3. The van der Waals surface area contributed by atoms with Crippen LogP contribution in [0.4, 0.5) is 4.39 Å². The van der Waals surface area contributed by atoms with Gasteiger partial charge in [0.2, 0.25) is 0 Å². The summed E-state index contributed by atoms with van der Waals surface area (Å²) in [7, 11) is -6.90. The monoisotopic (exact) mass is 1050 g/mol. The SMILES string of the molecule is CCOP(=O)(OCC)C(COCc1nnn(COCC[Si](C)(C)C)n1)(Cc1nnn(COCC[Si](C)(C)C)n1)OCc1nn(C2CCCCO2)c2cc(-n3nnc4c(F)cc(Br)cc43)ccc12. The van der Waals surface area contributed by atoms with E-state index in [9.17, 15) is 4.39 Å². The number of benzene rings is 2. The van der Waals surface area contributed by atoms with Crippen LogP contribution in [-0.4, -0.2) is 126 Å². The highest BCUT2D eigenvalue weighted by Gasteiger charge is 2.54. The second-order valence-electron chi connectivity index (χ2n) is 18.8. The largest absolute Gasteiger partial charge is 0.370 e. The number of aromatic nitrogens is 13. The molecule has 0 N–H and O–H groups in total. The lowest BCUT2D eigenvalue weighted by Gasteiger charge is -2.37. The first-order valence-corrected chi connectivity index (χ1v) is 32.4. The Labute approximate surface area is 399 Å². The number of rotatable bonds is 26. The summed E-state index contributed by atoms with van der Waals surface area (Å²) < 4.78 is 77.6. The van der Waals surface area contributed by atoms with E-state index in [0.717, 1.165) is 36.7 Å². The number of nitrogens with zero attached hydrogens (tertiary/aromatic N) is 13. The van der Waals surface area contributed by atoms with Crippen LogP contribution in [0.3, 0.4) is 0 Å². The number of fused-ring (bicyclic) bond motifs is 2. The highest BCUT2D eigenvalue weighted by molar-refractivity contribution is 9.10. The predicted octanol–water partition coefficient (Wildman–Crippen LogP) is 7.91. The van der Waals surface area contributed by atoms with Gasteiger partial charge in [-0.25, -0.2) is 13.8 Å². The Hall–Kier alpha value is -3.76. The number of halogens is 2. The lowest BCUT2D eigenvalue weighted by atomic mass is 10.1. The Morgan fingerprint density at radius 3 is 2.13 bits per heavy atom. The van der Waals surface area contributed by atoms with E-state index in [4.69, 9.17) is 37.8 Å². The smallest absolute Gasteiger partial charge is 0.365 e. The molecule has 0 aliphatic carbocycles. The molecule has 67 heavy (non-hydrogen) atoms. The third kappa shape index (κ3) is 13.1. The zero-order chi connectivity index (χ0) is 47.8. The average Bonchev–Trinajstić information content (AvgIpc) is 4.09. The molecule has 0 spiro atoms. The molecule has 2 unspecified atom stereocenters. The molecule has 2 aromatic carbocycles. The molecule has 26 heteroatoms. The Morgan fingerprint density at radius 1 is 0.821 bits per heavy atom. The van der Waals surface area contributed by atoms with Crippen LogP contribution < -0.4 is 0 Å². The minimum absolute atomic E-state index is 0.0256. The fourth-order valence-electron chi connectivity index (χ4n) is 7.31. The van der Waals surface area contributed by atoms with E-state index < -0.39 is 34.9 Å². The van der Waals surface area contributed by atoms with Crippen LogP contribution in [0.5, 0.6) is 0 Å². The van der Waals surface area contributed by atoms with Gasteiger partial charge in [-0.3, -0.25) is 4.57 Å². The van der Waals surface area contributed by atoms with Crippen molar-refractivity contribution in [2.45, 2.75) is 129 Å². The number of ether oxygens (including phenoxy) is 5. The molecule has 4 aromatic heterocycles. The Balaban J connectivity index is 1.22. The van der Waals surface area contributed by atoms with Gasteiger partial charge < -0.3 is 32.7 Å². The first-order valence-electron chi connectivity index (χ1n) is 22.6. The topological polar surface area (TPSA) is 217 Å². The zero-order valence-electron chi connectivity index (χ0n) is 39.6. The van der Waals surface area contributed by atoms with E-state index in [-0.39, 0.29) is 76.3 Å². The number of tetrazole rings is 2. The first kappa shape index (κ1) is 51.1. The molecule has 21 nitrogen and oxygen atoms in total. The molecule has 5 heterocycles. The quantitative estimate of drug-likeness (QED) is 0.0286. The summed E-state index contributed by atoms with van der Waals surface area (Å²) in [6, 6.07) is 10.7. The third-order valence-corrected chi connectivity index (χ3v) is 17.4. The van der Waals surface area contributed by atoms with E-state index in [2.05, 4.69) is 96.3 Å². The van der Waals surface area contributed by atoms with Crippen LogP contribution >= 0.6 is 23.5 Å². The summed E-state index contributed by atoms with van der Waals surface area (Å²) in [5.41, 5.74) is 2.45. The van der Waals surface area contributed by atoms with Gasteiger partial charge in [0.1, 0.15) is 12.1 Å². The molecule has 1 fully saturated rings. The van der Waals surface area contributed by atoms with Crippen LogP contribution in [0.1, 0.15) is 56.7 Å². The Bertz CT molecular complexity index is 2610. The normalized spacial score (nSPS) is 16.1. The molecule has 1 saturated heterocycles. The maximum absolute atomic E-state index is 15.4. The van der Waals surface area contributed by atoms with Crippen molar-refractivity contribution in [3.8, 4) is 5.69 Å². The van der Waals surface area contributed by atoms with Gasteiger partial charge in [0.15, 0.2) is 42.5 Å². The van der Waals surface area contributed by atoms with Gasteiger partial charge >= 0.3 is 7.60 Å². The van der Waals surface area contributed by atoms with Crippen molar-refractivity contribution in [1.82, 2.24) is 65.2 Å². The molecule has 6 aromatic rings. The highest BCUT2D eigenvalue weighted by atomic mass is 79.9. The van der Waals surface area contributed by atoms with E-state index in [1.165, 1.54) is 15.7 Å². The minimum Gasteiger partial charge on any atom is -0.370 e. The molecule has 7 rings (SSSR count). The van der Waals surface area contributed by atoms with E-state index in [1.54, 1.807) is 24.6 Å². The summed E-state index contributed by atoms with van der Waals surface area (Å²) in [6.45, 7) is 18.4. The summed E-state index contributed by atoms with van der Waals surface area (Å²) in [5, 5.41) is 38.3. The number of hydrogen-bond acceptors (Lipinski definition) is 17. The van der Waals surface area contributed by atoms with Crippen LogP contribution in [0.2, 0.25) is 51.4 Å². The van der Waals surface area contributed by atoms with Crippen molar-refractivity contribution >= 4 is 61.6 Å². The minimum atomic E-state index is -4.28. The average molecular weight is 1050 g/mol. The molecule has 1 aliphatic rings. The van der Waals surface area contributed by atoms with Crippen molar-refractivity contribution in [1.29, 1.82) is 0 Å². The molecule has 366 valence electrons. The van der Waals surface area contributed by atoms with Crippen molar-refractivity contribution < 1.29 is 41.7 Å². The van der Waals surface area contributed by atoms with Gasteiger partial charge in [-0.2, -0.15) is 5.10 Å². The van der Waals surface area contributed by atoms with Gasteiger partial charge in [0.05, 0.1) is 55.3 Å². The standard InChI is InChI=1S/C41H62BrFN13O8PSi2/c1-9-63-65(57,64-10-2)41(24-37-44-50-53(48-37)28-58-17-19-66(3,4)5,27-60-26-38-45-51-54(49-38)29-59-18-20-67(6,7)8)62-25-34-32-15-14-31(23-35(32)56(47-34)39-13-11-12-16-61-39)55-36-22-30(42)21-33(43)40(36)46-52-55/h14-15,21-23,39H,9-13,16-20,24-29H2,1-8H3. The van der Waals surface area contributed by atoms with Gasteiger partial charge in [-0.15, -0.1) is 35.1 Å². The van der Waals surface area contributed by atoms with Gasteiger partial charge in [-0.05, 0) is 86.0 Å². The van der Waals surface area contributed by atoms with Gasteiger partial charge in [0, 0.05) is 45.8 Å². The first-order chi connectivity index (χ1) is 32.0. The van der Waals surface area contributed by atoms with Crippen molar-refractivity contribution in [3.05, 3.63) is 58.0 Å². The second-order valence-corrected chi connectivity index (χ2v) is 33.2. The summed E-state index contributed by atoms with van der Waals surface area (Å²) >= 11 is 3.40. The van der Waals surface area contributed by atoms with Crippen LogP contribution in [-0.2, 0) is 70.4 Å². The van der Waals surface area contributed by atoms with E-state index >= 15 is 4.57 Å². The van der Waals surface area contributed by atoms with Crippen molar-refractivity contribution in [3.63, 3.8) is 0 Å². The van der Waals surface area contributed by atoms with Crippen LogP contribution in [0.25, 0.3) is 27.6 Å². The molecular weight excluding hydrogens is 989 g/mol.